The Bertz CT molecular complexity index is 858. The molecular formula is C22H21NO3. The van der Waals surface area contributed by atoms with Crippen molar-refractivity contribution in [3.63, 3.8) is 0 Å². The number of benzene rings is 2. The number of carboxylic acids is 1. The average molecular weight is 347 g/mol. The van der Waals surface area contributed by atoms with Gasteiger partial charge in [0.2, 0.25) is 5.91 Å². The maximum absolute atomic E-state index is 12.3. The summed E-state index contributed by atoms with van der Waals surface area (Å²) in [4.78, 5) is 23.3. The van der Waals surface area contributed by atoms with Gasteiger partial charge in [-0.1, -0.05) is 48.5 Å². The fourth-order valence-corrected chi connectivity index (χ4v) is 5.08. The minimum atomic E-state index is -0.857. The van der Waals surface area contributed by atoms with Crippen molar-refractivity contribution in [2.45, 2.75) is 24.7 Å². The van der Waals surface area contributed by atoms with Gasteiger partial charge in [0.05, 0.1) is 11.8 Å². The summed E-state index contributed by atoms with van der Waals surface area (Å²) in [7, 11) is 0. The molecule has 2 aromatic carbocycles. The highest BCUT2D eigenvalue weighted by atomic mass is 16.4. The van der Waals surface area contributed by atoms with Gasteiger partial charge in [0, 0.05) is 18.4 Å². The number of carbonyl (C=O) groups excluding carboxylic acids is 1. The Kier molecular flexibility index (Phi) is 3.42. The molecule has 132 valence electrons. The van der Waals surface area contributed by atoms with Crippen molar-refractivity contribution in [2.24, 2.45) is 17.8 Å². The van der Waals surface area contributed by atoms with Gasteiger partial charge in [-0.25, -0.2) is 0 Å². The van der Waals surface area contributed by atoms with Gasteiger partial charge in [-0.15, -0.1) is 0 Å². The minimum Gasteiger partial charge on any atom is -0.481 e. The van der Waals surface area contributed by atoms with E-state index in [4.69, 9.17) is 5.11 Å². The SMILES string of the molecule is O=C(O)C1CC1C(=O)NCC1CC2c3ccccc3C1c1ccccc12. The molecule has 3 unspecified atom stereocenters. The lowest BCUT2D eigenvalue weighted by Gasteiger charge is -2.45. The van der Waals surface area contributed by atoms with Gasteiger partial charge in [0.1, 0.15) is 0 Å². The molecular weight excluding hydrogens is 326 g/mol. The third-order valence-electron chi connectivity index (χ3n) is 6.41. The molecule has 0 radical (unpaired) electrons. The number of carboxylic acid groups (broad SMARTS) is 1. The van der Waals surface area contributed by atoms with E-state index >= 15 is 0 Å². The van der Waals surface area contributed by atoms with Gasteiger partial charge in [-0.05, 0) is 41.0 Å². The summed E-state index contributed by atoms with van der Waals surface area (Å²) in [5.74, 6) is -0.725. The molecule has 4 aliphatic rings. The molecule has 1 amide bonds. The molecule has 1 fully saturated rings. The van der Waals surface area contributed by atoms with E-state index in [0.29, 0.717) is 30.7 Å². The Morgan fingerprint density at radius 1 is 0.885 bits per heavy atom. The van der Waals surface area contributed by atoms with Crippen molar-refractivity contribution < 1.29 is 14.7 Å². The van der Waals surface area contributed by atoms with Gasteiger partial charge in [-0.3, -0.25) is 9.59 Å². The second kappa shape index (κ2) is 5.70. The summed E-state index contributed by atoms with van der Waals surface area (Å²) in [6.07, 6.45) is 1.51. The van der Waals surface area contributed by atoms with Crippen molar-refractivity contribution in [3.8, 4) is 0 Å². The number of nitrogens with one attached hydrogen (secondary N) is 1. The van der Waals surface area contributed by atoms with Crippen LogP contribution in [0.1, 0.15) is 46.9 Å². The summed E-state index contributed by atoms with van der Waals surface area (Å²) in [5, 5.41) is 12.1. The number of aliphatic carboxylic acids is 1. The summed E-state index contributed by atoms with van der Waals surface area (Å²) in [6, 6.07) is 17.3. The number of carbonyl (C=O) groups is 2. The topological polar surface area (TPSA) is 66.4 Å². The highest BCUT2D eigenvalue weighted by Gasteiger charge is 2.49. The average Bonchev–Trinajstić information content (AvgIpc) is 3.47. The van der Waals surface area contributed by atoms with Crippen LogP contribution >= 0.6 is 0 Å². The second-order valence-electron chi connectivity index (χ2n) is 7.82. The van der Waals surface area contributed by atoms with Gasteiger partial charge in [0.15, 0.2) is 0 Å². The first kappa shape index (κ1) is 15.6. The molecule has 0 aromatic heterocycles. The third kappa shape index (κ3) is 2.28. The predicted octanol–water partition coefficient (Wildman–Crippen LogP) is 3.12. The molecule has 0 heterocycles. The highest BCUT2D eigenvalue weighted by molar-refractivity contribution is 5.89. The molecule has 0 spiro atoms. The van der Waals surface area contributed by atoms with Crippen LogP contribution in [0.4, 0.5) is 0 Å². The van der Waals surface area contributed by atoms with Crippen LogP contribution in [0.2, 0.25) is 0 Å². The number of rotatable bonds is 4. The summed E-state index contributed by atoms with van der Waals surface area (Å²) in [6.45, 7) is 0.617. The van der Waals surface area contributed by atoms with Crippen molar-refractivity contribution >= 4 is 11.9 Å². The minimum absolute atomic E-state index is 0.0968. The van der Waals surface area contributed by atoms with E-state index in [2.05, 4.69) is 53.8 Å². The number of hydrogen-bond acceptors (Lipinski definition) is 2. The number of amides is 1. The monoisotopic (exact) mass is 347 g/mol. The van der Waals surface area contributed by atoms with Crippen LogP contribution in [0, 0.1) is 17.8 Å². The fourth-order valence-electron chi connectivity index (χ4n) is 5.08. The van der Waals surface area contributed by atoms with Crippen LogP contribution in [-0.2, 0) is 9.59 Å². The molecule has 2 aromatic rings. The smallest absolute Gasteiger partial charge is 0.307 e. The van der Waals surface area contributed by atoms with Crippen molar-refractivity contribution in [1.29, 1.82) is 0 Å². The van der Waals surface area contributed by atoms with Crippen molar-refractivity contribution in [2.75, 3.05) is 6.54 Å². The zero-order chi connectivity index (χ0) is 17.8. The maximum Gasteiger partial charge on any atom is 0.307 e. The highest BCUT2D eigenvalue weighted by Crippen LogP contribution is 2.55. The second-order valence-corrected chi connectivity index (χ2v) is 7.82. The zero-order valence-electron chi connectivity index (χ0n) is 14.4. The Labute approximate surface area is 152 Å². The first-order chi connectivity index (χ1) is 12.6. The largest absolute Gasteiger partial charge is 0.481 e. The van der Waals surface area contributed by atoms with Crippen LogP contribution in [0.3, 0.4) is 0 Å². The van der Waals surface area contributed by atoms with Crippen LogP contribution < -0.4 is 5.32 Å². The van der Waals surface area contributed by atoms with E-state index in [1.165, 1.54) is 22.3 Å². The molecule has 0 saturated heterocycles. The predicted molar refractivity (Wildman–Crippen MR) is 96.9 cm³/mol. The molecule has 0 aliphatic heterocycles. The molecule has 4 nitrogen and oxygen atoms in total. The fraction of sp³-hybridized carbons (Fsp3) is 0.364. The van der Waals surface area contributed by atoms with E-state index in [0.717, 1.165) is 6.42 Å². The first-order valence-electron chi connectivity index (χ1n) is 9.33. The van der Waals surface area contributed by atoms with E-state index < -0.39 is 11.9 Å². The Hall–Kier alpha value is -2.62. The molecule has 1 saturated carbocycles. The van der Waals surface area contributed by atoms with Gasteiger partial charge in [-0.2, -0.15) is 0 Å². The summed E-state index contributed by atoms with van der Waals surface area (Å²) >= 11 is 0. The quantitative estimate of drug-likeness (QED) is 0.893. The molecule has 26 heavy (non-hydrogen) atoms. The lowest BCUT2D eigenvalue weighted by molar-refractivity contribution is -0.140. The van der Waals surface area contributed by atoms with E-state index in [-0.39, 0.29) is 11.8 Å². The Morgan fingerprint density at radius 2 is 1.46 bits per heavy atom. The molecule has 3 atom stereocenters. The standard InChI is InChI=1S/C22H21NO3/c24-21(18-10-19(18)22(25)26)23-11-12-9-17-13-5-1-3-7-15(13)20(12)16-8-4-2-6-14(16)17/h1-8,12,17-20H,9-11H2,(H,23,24)(H,25,26). The van der Waals surface area contributed by atoms with Crippen LogP contribution in [0.15, 0.2) is 48.5 Å². The third-order valence-corrected chi connectivity index (χ3v) is 6.41. The Morgan fingerprint density at radius 3 is 2.00 bits per heavy atom. The molecule has 4 heteroatoms. The Balaban J connectivity index is 1.39. The van der Waals surface area contributed by atoms with Crippen LogP contribution in [-0.4, -0.2) is 23.5 Å². The van der Waals surface area contributed by atoms with Gasteiger partial charge in [0.25, 0.3) is 0 Å². The summed E-state index contributed by atoms with van der Waals surface area (Å²) in [5.41, 5.74) is 5.62. The zero-order valence-corrected chi connectivity index (χ0v) is 14.4. The van der Waals surface area contributed by atoms with E-state index in [1.807, 2.05) is 0 Å². The molecule has 6 rings (SSSR count). The summed E-state index contributed by atoms with van der Waals surface area (Å²) < 4.78 is 0. The number of hydrogen-bond donors (Lipinski definition) is 2. The lowest BCUT2D eigenvalue weighted by Crippen LogP contribution is -2.40. The molecule has 4 aliphatic carbocycles. The van der Waals surface area contributed by atoms with E-state index in [9.17, 15) is 9.59 Å². The maximum atomic E-state index is 12.3. The van der Waals surface area contributed by atoms with E-state index in [1.54, 1.807) is 0 Å². The molecule has 2 bridgehead atoms. The normalized spacial score (nSPS) is 30.2. The van der Waals surface area contributed by atoms with Crippen molar-refractivity contribution in [3.05, 3.63) is 70.8 Å². The van der Waals surface area contributed by atoms with Gasteiger partial charge >= 0.3 is 5.97 Å². The van der Waals surface area contributed by atoms with Crippen LogP contribution in [0.25, 0.3) is 0 Å². The lowest BCUT2D eigenvalue weighted by atomic mass is 9.59. The van der Waals surface area contributed by atoms with Gasteiger partial charge < -0.3 is 10.4 Å². The van der Waals surface area contributed by atoms with Crippen LogP contribution in [0.5, 0.6) is 0 Å². The number of fused-ring (bicyclic) bond motifs is 1. The molecule has 2 N–H and O–H groups in total. The first-order valence-corrected chi connectivity index (χ1v) is 9.33. The van der Waals surface area contributed by atoms with Crippen molar-refractivity contribution in [1.82, 2.24) is 5.32 Å².